The van der Waals surface area contributed by atoms with Gasteiger partial charge in [0.1, 0.15) is 0 Å². The lowest BCUT2D eigenvalue weighted by molar-refractivity contribution is 0.324. The molecule has 0 atom stereocenters. The predicted molar refractivity (Wildman–Crippen MR) is 77.4 cm³/mol. The smallest absolute Gasteiger partial charge is 0.203 e. The summed E-state index contributed by atoms with van der Waals surface area (Å²) in [5, 5.41) is 4.22. The molecule has 2 rings (SSSR count). The third-order valence-corrected chi connectivity index (χ3v) is 3.31. The van der Waals surface area contributed by atoms with Crippen LogP contribution in [0.2, 0.25) is 0 Å². The number of hydrogen-bond acceptors (Lipinski definition) is 5. The summed E-state index contributed by atoms with van der Waals surface area (Å²) in [4.78, 5) is 0. The first kappa shape index (κ1) is 14.0. The van der Waals surface area contributed by atoms with Gasteiger partial charge in [-0.05, 0) is 24.6 Å². The molecule has 2 aromatic rings. The summed E-state index contributed by atoms with van der Waals surface area (Å²) < 4.78 is 17.8. The molecular weight excluding hydrogens is 258 g/mol. The highest BCUT2D eigenvalue weighted by Gasteiger charge is 2.18. The fourth-order valence-corrected chi connectivity index (χ4v) is 2.22. The molecular formula is C14H19N3O3. The topological polar surface area (TPSA) is 71.5 Å². The van der Waals surface area contributed by atoms with Crippen LogP contribution in [-0.2, 0) is 7.05 Å². The number of methoxy groups -OCH3 is 3. The number of anilines is 1. The van der Waals surface area contributed by atoms with E-state index in [-0.39, 0.29) is 0 Å². The van der Waals surface area contributed by atoms with E-state index in [1.807, 2.05) is 26.1 Å². The summed E-state index contributed by atoms with van der Waals surface area (Å²) in [5.74, 6) is 2.20. The number of benzene rings is 1. The van der Waals surface area contributed by atoms with E-state index < -0.39 is 0 Å². The first-order valence-corrected chi connectivity index (χ1v) is 6.12. The Morgan fingerprint density at radius 1 is 1.05 bits per heavy atom. The van der Waals surface area contributed by atoms with Gasteiger partial charge in [0.2, 0.25) is 5.75 Å². The average molecular weight is 277 g/mol. The van der Waals surface area contributed by atoms with E-state index in [4.69, 9.17) is 19.9 Å². The van der Waals surface area contributed by atoms with Crippen LogP contribution in [0.25, 0.3) is 11.1 Å². The molecule has 0 aliphatic carbocycles. The number of aryl methyl sites for hydroxylation is 1. The highest BCUT2D eigenvalue weighted by molar-refractivity contribution is 5.79. The van der Waals surface area contributed by atoms with Gasteiger partial charge in [-0.2, -0.15) is 5.10 Å². The molecule has 0 amide bonds. The Hall–Kier alpha value is -2.37. The van der Waals surface area contributed by atoms with E-state index in [1.165, 1.54) is 0 Å². The van der Waals surface area contributed by atoms with E-state index in [9.17, 15) is 0 Å². The Balaban J connectivity index is 2.69. The molecule has 108 valence electrons. The van der Waals surface area contributed by atoms with E-state index in [1.54, 1.807) is 26.0 Å². The molecule has 2 N–H and O–H groups in total. The Labute approximate surface area is 118 Å². The molecule has 0 bridgehead atoms. The quantitative estimate of drug-likeness (QED) is 0.925. The van der Waals surface area contributed by atoms with Crippen molar-refractivity contribution in [3.05, 3.63) is 17.8 Å². The zero-order valence-electron chi connectivity index (χ0n) is 12.4. The first-order valence-electron chi connectivity index (χ1n) is 6.12. The molecule has 0 spiro atoms. The Morgan fingerprint density at radius 2 is 1.60 bits per heavy atom. The predicted octanol–water partition coefficient (Wildman–Crippen LogP) is 2.00. The standard InChI is InChI=1S/C14H19N3O3/c1-8-12(14(15)16-17(8)2)9-6-10(18-3)13(20-5)11(7-9)19-4/h6-7H,1-5H3,(H2,15,16). The van der Waals surface area contributed by atoms with Crippen molar-refractivity contribution in [1.29, 1.82) is 0 Å². The zero-order valence-corrected chi connectivity index (χ0v) is 12.4. The molecule has 0 radical (unpaired) electrons. The van der Waals surface area contributed by atoms with Crippen molar-refractivity contribution < 1.29 is 14.2 Å². The van der Waals surface area contributed by atoms with Gasteiger partial charge in [0.25, 0.3) is 0 Å². The fraction of sp³-hybridized carbons (Fsp3) is 0.357. The summed E-state index contributed by atoms with van der Waals surface area (Å²) in [5.41, 5.74) is 8.70. The van der Waals surface area contributed by atoms with Crippen LogP contribution in [0.4, 0.5) is 5.82 Å². The van der Waals surface area contributed by atoms with Crippen LogP contribution in [0.15, 0.2) is 12.1 Å². The van der Waals surface area contributed by atoms with Gasteiger partial charge in [-0.1, -0.05) is 0 Å². The molecule has 0 saturated carbocycles. The average Bonchev–Trinajstić information content (AvgIpc) is 2.70. The van der Waals surface area contributed by atoms with Crippen LogP contribution in [-0.4, -0.2) is 31.1 Å². The second-order valence-corrected chi connectivity index (χ2v) is 4.38. The number of nitrogens with zero attached hydrogens (tertiary/aromatic N) is 2. The van der Waals surface area contributed by atoms with Gasteiger partial charge in [0.15, 0.2) is 17.3 Å². The first-order chi connectivity index (χ1) is 9.53. The van der Waals surface area contributed by atoms with Crippen molar-refractivity contribution in [2.45, 2.75) is 6.92 Å². The summed E-state index contributed by atoms with van der Waals surface area (Å²) in [6.07, 6.45) is 0. The third kappa shape index (κ3) is 2.13. The zero-order chi connectivity index (χ0) is 14.9. The summed E-state index contributed by atoms with van der Waals surface area (Å²) in [6.45, 7) is 1.96. The highest BCUT2D eigenvalue weighted by atomic mass is 16.5. The Kier molecular flexibility index (Phi) is 3.74. The maximum Gasteiger partial charge on any atom is 0.203 e. The number of nitrogen functional groups attached to an aromatic ring is 1. The SMILES string of the molecule is COc1cc(-c2c(N)nn(C)c2C)cc(OC)c1OC. The molecule has 0 aliphatic heterocycles. The molecule has 6 nitrogen and oxygen atoms in total. The molecule has 0 aliphatic rings. The minimum absolute atomic E-state index is 0.472. The van der Waals surface area contributed by atoms with Gasteiger partial charge in [-0.25, -0.2) is 0 Å². The van der Waals surface area contributed by atoms with Crippen molar-refractivity contribution in [2.75, 3.05) is 27.1 Å². The van der Waals surface area contributed by atoms with Gasteiger partial charge < -0.3 is 19.9 Å². The lowest BCUT2D eigenvalue weighted by Crippen LogP contribution is -1.97. The molecule has 1 aromatic carbocycles. The largest absolute Gasteiger partial charge is 0.493 e. The molecule has 0 fully saturated rings. The van der Waals surface area contributed by atoms with Gasteiger partial charge in [-0.15, -0.1) is 0 Å². The number of hydrogen-bond donors (Lipinski definition) is 1. The van der Waals surface area contributed by atoms with Crippen molar-refractivity contribution >= 4 is 5.82 Å². The normalized spacial score (nSPS) is 10.4. The fourth-order valence-electron chi connectivity index (χ4n) is 2.22. The molecule has 6 heteroatoms. The van der Waals surface area contributed by atoms with Crippen LogP contribution < -0.4 is 19.9 Å². The van der Waals surface area contributed by atoms with Crippen LogP contribution in [0, 0.1) is 6.92 Å². The summed E-state index contributed by atoms with van der Waals surface area (Å²) in [7, 11) is 6.60. The minimum atomic E-state index is 0.472. The van der Waals surface area contributed by atoms with Crippen molar-refractivity contribution in [3.63, 3.8) is 0 Å². The number of rotatable bonds is 4. The maximum atomic E-state index is 5.98. The van der Waals surface area contributed by atoms with Gasteiger partial charge >= 0.3 is 0 Å². The molecule has 1 heterocycles. The molecule has 1 aromatic heterocycles. The molecule has 0 unspecified atom stereocenters. The van der Waals surface area contributed by atoms with Crippen molar-refractivity contribution in [3.8, 4) is 28.4 Å². The van der Waals surface area contributed by atoms with Gasteiger partial charge in [0.05, 0.1) is 21.3 Å². The Bertz CT molecular complexity index is 610. The van der Waals surface area contributed by atoms with E-state index in [0.717, 1.165) is 16.8 Å². The monoisotopic (exact) mass is 277 g/mol. The number of aromatic nitrogens is 2. The minimum Gasteiger partial charge on any atom is -0.493 e. The second kappa shape index (κ2) is 5.32. The third-order valence-electron chi connectivity index (χ3n) is 3.31. The van der Waals surface area contributed by atoms with Crippen LogP contribution in [0.3, 0.4) is 0 Å². The van der Waals surface area contributed by atoms with Gasteiger partial charge in [-0.3, -0.25) is 4.68 Å². The van der Waals surface area contributed by atoms with Crippen LogP contribution >= 0.6 is 0 Å². The van der Waals surface area contributed by atoms with Crippen molar-refractivity contribution in [1.82, 2.24) is 9.78 Å². The lowest BCUT2D eigenvalue weighted by atomic mass is 10.0. The second-order valence-electron chi connectivity index (χ2n) is 4.38. The number of nitrogens with two attached hydrogens (primary N) is 1. The lowest BCUT2D eigenvalue weighted by Gasteiger charge is -2.14. The highest BCUT2D eigenvalue weighted by Crippen LogP contribution is 2.42. The van der Waals surface area contributed by atoms with Gasteiger partial charge in [0, 0.05) is 18.3 Å². The van der Waals surface area contributed by atoms with E-state index in [2.05, 4.69) is 5.10 Å². The summed E-state index contributed by atoms with van der Waals surface area (Å²) >= 11 is 0. The Morgan fingerprint density at radius 3 is 1.95 bits per heavy atom. The van der Waals surface area contributed by atoms with Crippen molar-refractivity contribution in [2.24, 2.45) is 7.05 Å². The molecule has 20 heavy (non-hydrogen) atoms. The maximum absolute atomic E-state index is 5.98. The number of ether oxygens (including phenoxy) is 3. The van der Waals surface area contributed by atoms with Crippen LogP contribution in [0.5, 0.6) is 17.2 Å². The molecule has 0 saturated heterocycles. The van der Waals surface area contributed by atoms with Crippen LogP contribution in [0.1, 0.15) is 5.69 Å². The van der Waals surface area contributed by atoms with E-state index in [0.29, 0.717) is 23.1 Å². The van der Waals surface area contributed by atoms with E-state index >= 15 is 0 Å². The summed E-state index contributed by atoms with van der Waals surface area (Å²) in [6, 6.07) is 3.73.